The fourth-order valence-corrected chi connectivity index (χ4v) is 4.47. The predicted octanol–water partition coefficient (Wildman–Crippen LogP) is 4.32. The molecule has 1 aliphatic rings. The lowest BCUT2D eigenvalue weighted by atomic mass is 9.65. The van der Waals surface area contributed by atoms with Crippen molar-refractivity contribution in [1.29, 1.82) is 0 Å². The summed E-state index contributed by atoms with van der Waals surface area (Å²) >= 11 is 2.23. The molecule has 0 spiro atoms. The fraction of sp³-hybridized carbons (Fsp3) is 0.611. The summed E-state index contributed by atoms with van der Waals surface area (Å²) in [4.78, 5) is 11.6. The summed E-state index contributed by atoms with van der Waals surface area (Å²) in [6, 6.07) is 7.77. The van der Waals surface area contributed by atoms with Crippen LogP contribution < -0.4 is 5.73 Å². The van der Waals surface area contributed by atoms with Crippen molar-refractivity contribution in [2.45, 2.75) is 63.6 Å². The highest BCUT2D eigenvalue weighted by Gasteiger charge is 2.56. The second kappa shape index (κ2) is 7.38. The summed E-state index contributed by atoms with van der Waals surface area (Å²) in [5.74, 6) is 0.462. The molecule has 0 saturated heterocycles. The van der Waals surface area contributed by atoms with Crippen LogP contribution in [0.25, 0.3) is 0 Å². The maximum Gasteiger partial charge on any atom is 0.405 e. The third-order valence-electron chi connectivity index (χ3n) is 4.86. The van der Waals surface area contributed by atoms with E-state index in [4.69, 9.17) is 10.5 Å². The van der Waals surface area contributed by atoms with Crippen LogP contribution in [0.3, 0.4) is 0 Å². The minimum absolute atomic E-state index is 0.462. The summed E-state index contributed by atoms with van der Waals surface area (Å²) < 4.78 is 6.62. The Morgan fingerprint density at radius 2 is 2.00 bits per heavy atom. The van der Waals surface area contributed by atoms with Crippen LogP contribution in [0.4, 0.5) is 4.79 Å². The van der Waals surface area contributed by atoms with Crippen molar-refractivity contribution < 1.29 is 14.6 Å². The van der Waals surface area contributed by atoms with Crippen molar-refractivity contribution in [3.8, 4) is 0 Å². The highest BCUT2D eigenvalue weighted by atomic mass is 127. The number of ether oxygens (including phenoxy) is 1. The Kier molecular flexibility index (Phi) is 5.94. The van der Waals surface area contributed by atoms with E-state index in [0.717, 1.165) is 28.4 Å². The number of hydrogen-bond acceptors (Lipinski definition) is 3. The molecule has 0 radical (unpaired) electrons. The van der Waals surface area contributed by atoms with Gasteiger partial charge in [-0.2, -0.15) is 0 Å². The third-order valence-corrected chi connectivity index (χ3v) is 5.80. The van der Waals surface area contributed by atoms with Gasteiger partial charge in [0.1, 0.15) is 11.2 Å². The Hall–Kier alpha value is -0.820. The zero-order valence-corrected chi connectivity index (χ0v) is 16.0. The van der Waals surface area contributed by atoms with Crippen molar-refractivity contribution >= 4 is 28.7 Å². The van der Waals surface area contributed by atoms with Crippen LogP contribution in [0.5, 0.6) is 0 Å². The highest BCUT2D eigenvalue weighted by Crippen LogP contribution is 2.50. The van der Waals surface area contributed by atoms with E-state index in [1.165, 1.54) is 0 Å². The second-order valence-electron chi connectivity index (χ2n) is 6.90. The summed E-state index contributed by atoms with van der Waals surface area (Å²) in [5, 5.41) is 11.7. The smallest absolute Gasteiger partial charge is 0.405 e. The standard InChI is InChI=1S/C18H26INO3/c1-13(2)9-12-17(23-16(20)21)10-5-6-11-18(17,22)14-7-3-4-8-15(14)19/h3-4,7-8,13,22H,5-6,9-12H2,1-2H3,(H2,20,21)/t17-,18-/m0/s1. The van der Waals surface area contributed by atoms with Crippen LogP contribution in [-0.2, 0) is 10.3 Å². The summed E-state index contributed by atoms with van der Waals surface area (Å²) in [7, 11) is 0. The van der Waals surface area contributed by atoms with Crippen LogP contribution >= 0.6 is 22.6 Å². The number of benzene rings is 1. The van der Waals surface area contributed by atoms with E-state index in [1.807, 2.05) is 24.3 Å². The molecular formula is C18H26INO3. The van der Waals surface area contributed by atoms with E-state index < -0.39 is 17.3 Å². The summed E-state index contributed by atoms with van der Waals surface area (Å²) in [5.41, 5.74) is 4.09. The van der Waals surface area contributed by atoms with Crippen LogP contribution in [0.15, 0.2) is 24.3 Å². The first-order valence-corrected chi connectivity index (χ1v) is 9.34. The molecule has 23 heavy (non-hydrogen) atoms. The third kappa shape index (κ3) is 3.82. The van der Waals surface area contributed by atoms with Gasteiger partial charge < -0.3 is 15.6 Å². The highest BCUT2D eigenvalue weighted by molar-refractivity contribution is 14.1. The molecule has 1 amide bonds. The van der Waals surface area contributed by atoms with Crippen LogP contribution in [0.1, 0.15) is 57.9 Å². The average molecular weight is 431 g/mol. The van der Waals surface area contributed by atoms with Gasteiger partial charge in [-0.3, -0.25) is 0 Å². The SMILES string of the molecule is CC(C)CC[C@@]1(OC(N)=O)CCCC[C@]1(O)c1ccccc1I. The van der Waals surface area contributed by atoms with Crippen LogP contribution in [0, 0.1) is 9.49 Å². The topological polar surface area (TPSA) is 72.5 Å². The van der Waals surface area contributed by atoms with Crippen LogP contribution in [-0.4, -0.2) is 16.8 Å². The van der Waals surface area contributed by atoms with Crippen molar-refractivity contribution in [2.24, 2.45) is 11.7 Å². The number of nitrogens with two attached hydrogens (primary N) is 1. The first-order valence-electron chi connectivity index (χ1n) is 8.26. The largest absolute Gasteiger partial charge is 0.440 e. The van der Waals surface area contributed by atoms with Crippen molar-refractivity contribution in [3.63, 3.8) is 0 Å². The Bertz CT molecular complexity index is 563. The number of halogens is 1. The summed E-state index contributed by atoms with van der Waals surface area (Å²) in [6.45, 7) is 4.26. The number of aliphatic hydroxyl groups is 1. The van der Waals surface area contributed by atoms with Crippen molar-refractivity contribution in [3.05, 3.63) is 33.4 Å². The molecule has 1 aliphatic carbocycles. The maximum absolute atomic E-state index is 11.7. The lowest BCUT2D eigenvalue weighted by Gasteiger charge is -2.50. The molecule has 1 fully saturated rings. The van der Waals surface area contributed by atoms with E-state index in [-0.39, 0.29) is 0 Å². The molecule has 5 heteroatoms. The van der Waals surface area contributed by atoms with E-state index in [2.05, 4.69) is 36.4 Å². The van der Waals surface area contributed by atoms with Gasteiger partial charge in [0.2, 0.25) is 0 Å². The molecular weight excluding hydrogens is 405 g/mol. The molecule has 128 valence electrons. The van der Waals surface area contributed by atoms with Gasteiger partial charge in [-0.1, -0.05) is 32.0 Å². The number of primary amides is 1. The maximum atomic E-state index is 11.7. The number of carbonyl (C=O) groups is 1. The molecule has 0 heterocycles. The van der Waals surface area contributed by atoms with Gasteiger partial charge in [0.15, 0.2) is 0 Å². The second-order valence-corrected chi connectivity index (χ2v) is 8.06. The van der Waals surface area contributed by atoms with Gasteiger partial charge in [-0.25, -0.2) is 4.79 Å². The van der Waals surface area contributed by atoms with Crippen molar-refractivity contribution in [2.75, 3.05) is 0 Å². The molecule has 1 aromatic carbocycles. The lowest BCUT2D eigenvalue weighted by Crippen LogP contribution is -2.57. The van der Waals surface area contributed by atoms with Gasteiger partial charge in [0.25, 0.3) is 0 Å². The Balaban J connectivity index is 2.50. The molecule has 4 nitrogen and oxygen atoms in total. The summed E-state index contributed by atoms with van der Waals surface area (Å²) in [6.07, 6.45) is 3.75. The van der Waals surface area contributed by atoms with E-state index >= 15 is 0 Å². The Labute approximate surface area is 151 Å². The number of amides is 1. The molecule has 2 rings (SSSR count). The minimum Gasteiger partial charge on any atom is -0.440 e. The molecule has 0 aromatic heterocycles. The van der Waals surface area contributed by atoms with Gasteiger partial charge in [-0.05, 0) is 73.1 Å². The fourth-order valence-electron chi connectivity index (χ4n) is 3.64. The monoisotopic (exact) mass is 431 g/mol. The molecule has 1 aromatic rings. The van der Waals surface area contributed by atoms with Gasteiger partial charge in [0.05, 0.1) is 0 Å². The molecule has 1 saturated carbocycles. The number of carbonyl (C=O) groups excluding carboxylic acids is 1. The van der Waals surface area contributed by atoms with Crippen LogP contribution in [0.2, 0.25) is 0 Å². The molecule has 0 unspecified atom stereocenters. The molecule has 2 atom stereocenters. The number of hydrogen-bond donors (Lipinski definition) is 2. The van der Waals surface area contributed by atoms with E-state index in [1.54, 1.807) is 0 Å². The average Bonchev–Trinajstić information content (AvgIpc) is 2.48. The molecule has 0 bridgehead atoms. The molecule has 0 aliphatic heterocycles. The zero-order chi connectivity index (χ0) is 17.1. The predicted molar refractivity (Wildman–Crippen MR) is 99.0 cm³/mol. The lowest BCUT2D eigenvalue weighted by molar-refractivity contribution is -0.186. The normalized spacial score (nSPS) is 27.9. The van der Waals surface area contributed by atoms with Crippen molar-refractivity contribution in [1.82, 2.24) is 0 Å². The number of rotatable bonds is 5. The molecule has 3 N–H and O–H groups in total. The minimum atomic E-state index is -1.19. The first-order chi connectivity index (χ1) is 10.8. The van der Waals surface area contributed by atoms with E-state index in [9.17, 15) is 9.90 Å². The zero-order valence-electron chi connectivity index (χ0n) is 13.8. The van der Waals surface area contributed by atoms with E-state index in [0.29, 0.717) is 25.2 Å². The van der Waals surface area contributed by atoms with Gasteiger partial charge in [-0.15, -0.1) is 0 Å². The van der Waals surface area contributed by atoms with Gasteiger partial charge in [0, 0.05) is 9.13 Å². The quantitative estimate of drug-likeness (QED) is 0.682. The first kappa shape index (κ1) is 18.5. The van der Waals surface area contributed by atoms with Gasteiger partial charge >= 0.3 is 6.09 Å². The Morgan fingerprint density at radius 1 is 1.35 bits per heavy atom. The Morgan fingerprint density at radius 3 is 2.61 bits per heavy atom.